The number of amides is 1. The summed E-state index contributed by atoms with van der Waals surface area (Å²) in [7, 11) is 0. The van der Waals surface area contributed by atoms with Gasteiger partial charge in [-0.3, -0.25) is 9.36 Å². The Balaban J connectivity index is 2.22. The molecule has 3 N–H and O–H groups in total. The number of nitrogens with one attached hydrogen (secondary N) is 1. The minimum Gasteiger partial charge on any atom is -0.444 e. The van der Waals surface area contributed by atoms with Crippen LogP contribution in [-0.2, 0) is 4.74 Å². The van der Waals surface area contributed by atoms with Gasteiger partial charge in [-0.1, -0.05) is 11.6 Å². The van der Waals surface area contributed by atoms with E-state index in [0.29, 0.717) is 5.69 Å². The molecule has 0 saturated carbocycles. The number of carbonyl (C=O) groups is 1. The van der Waals surface area contributed by atoms with Gasteiger partial charge in [0.25, 0.3) is 5.56 Å². The standard InChI is InChI=1S/C20H21ClFN5O3/c1-10(25-19(29)30-20(2,3)4)17-26-16-13(22)7-6-12(21)15(16)18(28)27(17)11-5-8-14(23)24-9-11/h5-10H,1-4H3,(H2,23,24)(H,25,29)/t10-/m0/s1. The maximum absolute atomic E-state index is 14.5. The number of rotatable bonds is 3. The maximum Gasteiger partial charge on any atom is 0.408 e. The molecule has 30 heavy (non-hydrogen) atoms. The number of nitrogens with zero attached hydrogens (tertiary/aromatic N) is 3. The maximum atomic E-state index is 14.5. The second kappa shape index (κ2) is 7.91. The molecule has 158 valence electrons. The molecular formula is C20H21ClFN5O3. The molecule has 0 aliphatic heterocycles. The number of alkyl carbamates (subject to hydrolysis) is 1. The Morgan fingerprint density at radius 2 is 2.00 bits per heavy atom. The first-order valence-electron chi connectivity index (χ1n) is 9.10. The number of ether oxygens (including phenoxy) is 1. The Hall–Kier alpha value is -3.20. The van der Waals surface area contributed by atoms with E-state index in [-0.39, 0.29) is 27.6 Å². The van der Waals surface area contributed by atoms with Gasteiger partial charge < -0.3 is 15.8 Å². The number of hydrogen-bond acceptors (Lipinski definition) is 6. The summed E-state index contributed by atoms with van der Waals surface area (Å²) in [5, 5.41) is 2.59. The Morgan fingerprint density at radius 3 is 2.60 bits per heavy atom. The van der Waals surface area contributed by atoms with Crippen LogP contribution in [0.5, 0.6) is 0 Å². The van der Waals surface area contributed by atoms with Crippen LogP contribution in [0.1, 0.15) is 39.6 Å². The second-order valence-electron chi connectivity index (χ2n) is 7.67. The fraction of sp³-hybridized carbons (Fsp3) is 0.300. The summed E-state index contributed by atoms with van der Waals surface area (Å²) in [6.07, 6.45) is 0.666. The highest BCUT2D eigenvalue weighted by atomic mass is 35.5. The summed E-state index contributed by atoms with van der Waals surface area (Å²) in [6.45, 7) is 6.76. The van der Waals surface area contributed by atoms with E-state index >= 15 is 0 Å². The first kappa shape index (κ1) is 21.5. The van der Waals surface area contributed by atoms with E-state index in [1.807, 2.05) is 0 Å². The van der Waals surface area contributed by atoms with Crippen LogP contribution in [0.2, 0.25) is 5.02 Å². The first-order chi connectivity index (χ1) is 14.0. The molecule has 8 nitrogen and oxygen atoms in total. The summed E-state index contributed by atoms with van der Waals surface area (Å²) in [6, 6.07) is 4.67. The molecule has 0 bridgehead atoms. The monoisotopic (exact) mass is 433 g/mol. The van der Waals surface area contributed by atoms with Crippen LogP contribution in [0.3, 0.4) is 0 Å². The molecule has 3 rings (SSSR count). The van der Waals surface area contributed by atoms with Crippen molar-refractivity contribution in [2.45, 2.75) is 39.3 Å². The highest BCUT2D eigenvalue weighted by Gasteiger charge is 2.24. The number of halogens is 2. The number of carbonyl (C=O) groups excluding carboxylic acids is 1. The zero-order chi connectivity index (χ0) is 22.2. The average Bonchev–Trinajstić information content (AvgIpc) is 2.63. The van der Waals surface area contributed by atoms with Gasteiger partial charge in [0.05, 0.1) is 28.3 Å². The summed E-state index contributed by atoms with van der Waals surface area (Å²) >= 11 is 6.16. The molecule has 0 aliphatic rings. The molecule has 1 aromatic carbocycles. The van der Waals surface area contributed by atoms with Crippen LogP contribution in [0.25, 0.3) is 16.6 Å². The van der Waals surface area contributed by atoms with Crippen LogP contribution < -0.4 is 16.6 Å². The molecule has 0 spiro atoms. The number of anilines is 1. The van der Waals surface area contributed by atoms with E-state index in [1.54, 1.807) is 33.8 Å². The first-order valence-corrected chi connectivity index (χ1v) is 9.48. The fourth-order valence-electron chi connectivity index (χ4n) is 2.85. The summed E-state index contributed by atoms with van der Waals surface area (Å²) in [5.74, 6) is -0.378. The van der Waals surface area contributed by atoms with Gasteiger partial charge >= 0.3 is 6.09 Å². The van der Waals surface area contributed by atoms with Crippen molar-refractivity contribution >= 4 is 34.4 Å². The SMILES string of the molecule is C[C@H](NC(=O)OC(C)(C)C)c1nc2c(F)ccc(Cl)c2c(=O)n1-c1ccc(N)nc1. The van der Waals surface area contributed by atoms with Crippen molar-refractivity contribution in [1.82, 2.24) is 19.9 Å². The Kier molecular flexibility index (Phi) is 5.67. The van der Waals surface area contributed by atoms with E-state index in [9.17, 15) is 14.0 Å². The van der Waals surface area contributed by atoms with Crippen LogP contribution in [0.15, 0.2) is 35.3 Å². The number of pyridine rings is 1. The molecule has 10 heteroatoms. The lowest BCUT2D eigenvalue weighted by Crippen LogP contribution is -2.37. The molecule has 0 radical (unpaired) electrons. The smallest absolute Gasteiger partial charge is 0.408 e. The van der Waals surface area contributed by atoms with E-state index in [2.05, 4.69) is 15.3 Å². The third kappa shape index (κ3) is 4.35. The van der Waals surface area contributed by atoms with Crippen LogP contribution in [0.4, 0.5) is 15.0 Å². The predicted molar refractivity (Wildman–Crippen MR) is 112 cm³/mol. The predicted octanol–water partition coefficient (Wildman–Crippen LogP) is 3.74. The quantitative estimate of drug-likeness (QED) is 0.650. The van der Waals surface area contributed by atoms with E-state index in [0.717, 1.165) is 6.07 Å². The average molecular weight is 434 g/mol. The van der Waals surface area contributed by atoms with Gasteiger partial charge in [-0.15, -0.1) is 0 Å². The molecule has 1 amide bonds. The minimum absolute atomic E-state index is 0.0559. The zero-order valence-electron chi connectivity index (χ0n) is 16.9. The number of aromatic nitrogens is 3. The molecule has 2 aromatic heterocycles. The molecule has 2 heterocycles. The van der Waals surface area contributed by atoms with Gasteiger partial charge in [0, 0.05) is 0 Å². The van der Waals surface area contributed by atoms with Gasteiger partial charge in [0.1, 0.15) is 28.6 Å². The Labute approximate surface area is 176 Å². The molecule has 3 aromatic rings. The van der Waals surface area contributed by atoms with Crippen molar-refractivity contribution in [3.63, 3.8) is 0 Å². The second-order valence-corrected chi connectivity index (χ2v) is 8.08. The van der Waals surface area contributed by atoms with E-state index in [4.69, 9.17) is 22.1 Å². The van der Waals surface area contributed by atoms with Crippen LogP contribution in [-0.4, -0.2) is 26.2 Å². The van der Waals surface area contributed by atoms with Crippen molar-refractivity contribution in [3.8, 4) is 5.69 Å². The van der Waals surface area contributed by atoms with Gasteiger partial charge in [-0.05, 0) is 52.0 Å². The van der Waals surface area contributed by atoms with E-state index in [1.165, 1.54) is 22.9 Å². The Morgan fingerprint density at radius 1 is 1.30 bits per heavy atom. The third-order valence-electron chi connectivity index (χ3n) is 4.10. The van der Waals surface area contributed by atoms with Crippen molar-refractivity contribution in [3.05, 3.63) is 57.5 Å². The lowest BCUT2D eigenvalue weighted by Gasteiger charge is -2.23. The fourth-order valence-corrected chi connectivity index (χ4v) is 3.09. The van der Waals surface area contributed by atoms with Gasteiger partial charge in [0.2, 0.25) is 0 Å². The number of benzene rings is 1. The highest BCUT2D eigenvalue weighted by molar-refractivity contribution is 6.35. The number of hydrogen-bond donors (Lipinski definition) is 2. The molecule has 0 unspecified atom stereocenters. The number of fused-ring (bicyclic) bond motifs is 1. The lowest BCUT2D eigenvalue weighted by atomic mass is 10.2. The minimum atomic E-state index is -0.812. The summed E-state index contributed by atoms with van der Waals surface area (Å²) in [5.41, 5.74) is 4.45. The lowest BCUT2D eigenvalue weighted by molar-refractivity contribution is 0.0505. The van der Waals surface area contributed by atoms with Crippen molar-refractivity contribution in [2.75, 3.05) is 5.73 Å². The van der Waals surface area contributed by atoms with Gasteiger partial charge in [0.15, 0.2) is 0 Å². The normalized spacial score (nSPS) is 12.6. The molecule has 1 atom stereocenters. The third-order valence-corrected chi connectivity index (χ3v) is 4.41. The van der Waals surface area contributed by atoms with Crippen LogP contribution >= 0.6 is 11.6 Å². The van der Waals surface area contributed by atoms with Gasteiger partial charge in [-0.25, -0.2) is 19.2 Å². The number of nitrogens with two attached hydrogens (primary N) is 1. The molecular weight excluding hydrogens is 413 g/mol. The number of nitrogen functional groups attached to an aromatic ring is 1. The molecule has 0 saturated heterocycles. The summed E-state index contributed by atoms with van der Waals surface area (Å²) in [4.78, 5) is 33.8. The van der Waals surface area contributed by atoms with E-state index < -0.39 is 29.1 Å². The largest absolute Gasteiger partial charge is 0.444 e. The molecule has 0 aliphatic carbocycles. The Bertz CT molecular complexity index is 1170. The highest BCUT2D eigenvalue weighted by Crippen LogP contribution is 2.25. The van der Waals surface area contributed by atoms with Crippen molar-refractivity contribution in [1.29, 1.82) is 0 Å². The van der Waals surface area contributed by atoms with Gasteiger partial charge in [-0.2, -0.15) is 0 Å². The molecule has 0 fully saturated rings. The van der Waals surface area contributed by atoms with Crippen molar-refractivity contribution < 1.29 is 13.9 Å². The summed E-state index contributed by atoms with van der Waals surface area (Å²) < 4.78 is 20.9. The zero-order valence-corrected chi connectivity index (χ0v) is 17.6. The van der Waals surface area contributed by atoms with Crippen LogP contribution in [0, 0.1) is 5.82 Å². The van der Waals surface area contributed by atoms with Crippen molar-refractivity contribution in [2.24, 2.45) is 0 Å². The topological polar surface area (TPSA) is 112 Å².